The molecule has 3 N–H and O–H groups in total. The Morgan fingerprint density at radius 1 is 1.18 bits per heavy atom. The number of Topliss-reactive ketones (excluding diaryl/α,β-unsaturated/α-hetero) is 1. The Kier molecular flexibility index (Phi) is 7.14. The minimum atomic E-state index is -1.01. The van der Waals surface area contributed by atoms with Gasteiger partial charge in [-0.25, -0.2) is 0 Å². The molecule has 0 bridgehead atoms. The number of nitrogens with zero attached hydrogens (tertiary/aromatic N) is 1. The first-order valence-corrected chi connectivity index (χ1v) is 11.7. The lowest BCUT2D eigenvalue weighted by Crippen LogP contribution is -2.56. The maximum Gasteiger partial charge on any atom is 0.247 e. The van der Waals surface area contributed by atoms with E-state index in [1.807, 2.05) is 24.3 Å². The highest BCUT2D eigenvalue weighted by Crippen LogP contribution is 2.47. The molecule has 2 amide bonds. The number of para-hydroxylation sites is 1. The molecule has 1 saturated carbocycles. The molecule has 1 aliphatic heterocycles. The number of benzene rings is 1. The van der Waals surface area contributed by atoms with E-state index in [1.54, 1.807) is 11.0 Å². The third-order valence-corrected chi connectivity index (χ3v) is 6.63. The van der Waals surface area contributed by atoms with E-state index in [1.165, 1.54) is 6.92 Å². The van der Waals surface area contributed by atoms with E-state index in [-0.39, 0.29) is 37.2 Å². The van der Waals surface area contributed by atoms with Crippen LogP contribution in [-0.2, 0) is 14.4 Å². The molecule has 33 heavy (non-hydrogen) atoms. The Labute approximate surface area is 193 Å². The molecular weight excluding hydrogens is 424 g/mol. The summed E-state index contributed by atoms with van der Waals surface area (Å²) in [5.74, 6) is 0.112. The maximum absolute atomic E-state index is 13.2. The van der Waals surface area contributed by atoms with Crippen LogP contribution < -0.4 is 10.1 Å². The zero-order valence-electron chi connectivity index (χ0n) is 18.9. The molecule has 0 spiro atoms. The summed E-state index contributed by atoms with van der Waals surface area (Å²) in [7, 11) is 0. The summed E-state index contributed by atoms with van der Waals surface area (Å²) in [6, 6.07) is 6.70. The number of aliphatic hydroxyl groups is 2. The normalized spacial score (nSPS) is 25.4. The quantitative estimate of drug-likeness (QED) is 0.489. The van der Waals surface area contributed by atoms with E-state index in [9.17, 15) is 19.5 Å². The van der Waals surface area contributed by atoms with Gasteiger partial charge in [0.2, 0.25) is 11.8 Å². The van der Waals surface area contributed by atoms with Crippen LogP contribution in [0.3, 0.4) is 0 Å². The van der Waals surface area contributed by atoms with Crippen molar-refractivity contribution in [2.45, 2.75) is 63.2 Å². The highest BCUT2D eigenvalue weighted by atomic mass is 16.5. The van der Waals surface area contributed by atoms with Gasteiger partial charge in [0.25, 0.3) is 0 Å². The van der Waals surface area contributed by atoms with Gasteiger partial charge in [-0.15, -0.1) is 0 Å². The minimum absolute atomic E-state index is 0.0388. The lowest BCUT2D eigenvalue weighted by molar-refractivity contribution is -0.137. The molecule has 0 aromatic heterocycles. The van der Waals surface area contributed by atoms with Crippen LogP contribution in [0.15, 0.2) is 35.9 Å². The number of carbonyl (C=O) groups is 3. The van der Waals surface area contributed by atoms with Gasteiger partial charge in [-0.05, 0) is 44.2 Å². The Hall–Kier alpha value is -2.71. The summed E-state index contributed by atoms with van der Waals surface area (Å²) in [6.07, 6.45) is 3.07. The van der Waals surface area contributed by atoms with Crippen molar-refractivity contribution in [1.29, 1.82) is 0 Å². The fraction of sp³-hybridized carbons (Fsp3) is 0.560. The highest BCUT2D eigenvalue weighted by molar-refractivity contribution is 5.96. The van der Waals surface area contributed by atoms with E-state index in [2.05, 4.69) is 5.32 Å². The molecule has 8 heteroatoms. The molecule has 3 aliphatic rings. The number of rotatable bonds is 10. The summed E-state index contributed by atoms with van der Waals surface area (Å²) < 4.78 is 6.10. The molecule has 4 rings (SSSR count). The predicted octanol–water partition coefficient (Wildman–Crippen LogP) is 1.31. The van der Waals surface area contributed by atoms with Gasteiger partial charge in [0.1, 0.15) is 23.7 Å². The van der Waals surface area contributed by atoms with E-state index in [4.69, 9.17) is 9.84 Å². The first-order chi connectivity index (χ1) is 15.9. The molecule has 0 radical (unpaired) electrons. The van der Waals surface area contributed by atoms with Crippen molar-refractivity contribution in [2.75, 3.05) is 19.7 Å². The third-order valence-electron chi connectivity index (χ3n) is 6.63. The lowest BCUT2D eigenvalue weighted by atomic mass is 9.77. The second-order valence-electron chi connectivity index (χ2n) is 9.23. The summed E-state index contributed by atoms with van der Waals surface area (Å²) in [5, 5.41) is 23.2. The third kappa shape index (κ3) is 5.12. The van der Waals surface area contributed by atoms with Gasteiger partial charge in [-0.1, -0.05) is 18.2 Å². The Bertz CT molecular complexity index is 941. The van der Waals surface area contributed by atoms with Crippen LogP contribution in [0, 0.1) is 5.92 Å². The minimum Gasteiger partial charge on any atom is -0.486 e. The van der Waals surface area contributed by atoms with Crippen LogP contribution in [0.25, 0.3) is 0 Å². The smallest absolute Gasteiger partial charge is 0.247 e. The van der Waals surface area contributed by atoms with Gasteiger partial charge in [0.05, 0.1) is 18.6 Å². The van der Waals surface area contributed by atoms with Crippen LogP contribution in [0.5, 0.6) is 5.75 Å². The average Bonchev–Trinajstić information content (AvgIpc) is 3.53. The van der Waals surface area contributed by atoms with E-state index >= 15 is 0 Å². The van der Waals surface area contributed by atoms with E-state index in [0.29, 0.717) is 36.6 Å². The molecule has 4 atom stereocenters. The van der Waals surface area contributed by atoms with Crippen molar-refractivity contribution in [2.24, 2.45) is 5.92 Å². The van der Waals surface area contributed by atoms with Crippen LogP contribution in [-0.4, -0.2) is 70.7 Å². The average molecular weight is 457 g/mol. The summed E-state index contributed by atoms with van der Waals surface area (Å²) in [6.45, 7) is 1.94. The monoisotopic (exact) mass is 456 g/mol. The Balaban J connectivity index is 1.65. The molecular formula is C25H32N2O6. The second-order valence-corrected chi connectivity index (χ2v) is 9.23. The second kappa shape index (κ2) is 10.1. The zero-order valence-corrected chi connectivity index (χ0v) is 18.9. The van der Waals surface area contributed by atoms with Crippen LogP contribution in [0.2, 0.25) is 0 Å². The molecule has 178 valence electrons. The van der Waals surface area contributed by atoms with Gasteiger partial charge in [-0.3, -0.25) is 9.59 Å². The highest BCUT2D eigenvalue weighted by Gasteiger charge is 2.50. The Morgan fingerprint density at radius 2 is 1.94 bits per heavy atom. The van der Waals surface area contributed by atoms with Gasteiger partial charge in [-0.2, -0.15) is 0 Å². The lowest BCUT2D eigenvalue weighted by Gasteiger charge is -2.41. The van der Waals surface area contributed by atoms with Crippen molar-refractivity contribution in [3.8, 4) is 5.75 Å². The number of ketones is 1. The first kappa shape index (κ1) is 23.4. The fourth-order valence-electron chi connectivity index (χ4n) is 4.79. The van der Waals surface area contributed by atoms with Gasteiger partial charge in [0.15, 0.2) is 0 Å². The van der Waals surface area contributed by atoms with Gasteiger partial charge < -0.3 is 30.0 Å². The Morgan fingerprint density at radius 3 is 2.64 bits per heavy atom. The van der Waals surface area contributed by atoms with Crippen molar-refractivity contribution >= 4 is 17.6 Å². The number of amides is 2. The molecule has 8 nitrogen and oxygen atoms in total. The number of nitrogens with one attached hydrogen (secondary N) is 1. The van der Waals surface area contributed by atoms with Crippen molar-refractivity contribution in [3.63, 3.8) is 0 Å². The molecule has 1 aromatic carbocycles. The number of aliphatic hydroxyl groups excluding tert-OH is 2. The van der Waals surface area contributed by atoms with Gasteiger partial charge >= 0.3 is 0 Å². The summed E-state index contributed by atoms with van der Waals surface area (Å²) >= 11 is 0. The number of hydrogen-bond acceptors (Lipinski definition) is 6. The van der Waals surface area contributed by atoms with Gasteiger partial charge in [0, 0.05) is 37.1 Å². The first-order valence-electron chi connectivity index (χ1n) is 11.7. The molecule has 4 unspecified atom stereocenters. The zero-order chi connectivity index (χ0) is 23.5. The molecule has 1 heterocycles. The number of ether oxygens (including phenoxy) is 1. The molecule has 1 fully saturated rings. The van der Waals surface area contributed by atoms with Crippen molar-refractivity contribution < 1.29 is 29.3 Å². The van der Waals surface area contributed by atoms with E-state index in [0.717, 1.165) is 18.4 Å². The van der Waals surface area contributed by atoms with Crippen LogP contribution in [0.4, 0.5) is 0 Å². The van der Waals surface area contributed by atoms with Crippen LogP contribution >= 0.6 is 0 Å². The summed E-state index contributed by atoms with van der Waals surface area (Å²) in [5.41, 5.74) is 1.26. The number of hydrogen-bond donors (Lipinski definition) is 3. The largest absolute Gasteiger partial charge is 0.486 e. The SMILES string of the molecule is CC(=O)CCCC(=O)N(CC1CC1)C1C=C(C(=O)NCCO)C2c3ccccc3OC2C1O. The van der Waals surface area contributed by atoms with E-state index < -0.39 is 24.2 Å². The predicted molar refractivity (Wildman–Crippen MR) is 121 cm³/mol. The summed E-state index contributed by atoms with van der Waals surface area (Å²) in [4.78, 5) is 39.3. The molecule has 0 saturated heterocycles. The molecule has 2 aliphatic carbocycles. The van der Waals surface area contributed by atoms with Crippen LogP contribution in [0.1, 0.15) is 50.5 Å². The molecule has 1 aromatic rings. The topological polar surface area (TPSA) is 116 Å². The fourth-order valence-corrected chi connectivity index (χ4v) is 4.79. The number of carbonyl (C=O) groups excluding carboxylic acids is 3. The number of fused-ring (bicyclic) bond motifs is 3. The maximum atomic E-state index is 13.2. The standard InChI is InChI=1S/C25H32N2O6/c1-15(29)5-4-8-21(30)27(14-16-9-10-16)19-13-18(25(32)26-11-12-28)22-17-6-2-3-7-20(17)33-24(22)23(19)31/h2-3,6-7,13,16,19,22-24,28,31H,4-5,8-12,14H2,1H3,(H,26,32). The van der Waals surface area contributed by atoms with Crippen molar-refractivity contribution in [3.05, 3.63) is 41.5 Å². The van der Waals surface area contributed by atoms with Crippen molar-refractivity contribution in [1.82, 2.24) is 10.2 Å².